The SMILES string of the molecule is CCCCCC(CCC)CC(C)C. The van der Waals surface area contributed by atoms with Crippen LogP contribution in [0, 0.1) is 11.8 Å². The first-order chi connectivity index (χ1) is 6.20. The lowest BCUT2D eigenvalue weighted by Crippen LogP contribution is -2.04. The highest BCUT2D eigenvalue weighted by Crippen LogP contribution is 2.22. The Hall–Kier alpha value is 0. The summed E-state index contributed by atoms with van der Waals surface area (Å²) in [5, 5.41) is 0. The van der Waals surface area contributed by atoms with E-state index in [4.69, 9.17) is 0 Å². The van der Waals surface area contributed by atoms with Crippen LogP contribution in [0.3, 0.4) is 0 Å². The fourth-order valence-corrected chi connectivity index (χ4v) is 2.14. The maximum Gasteiger partial charge on any atom is -0.0412 e. The Balaban J connectivity index is 3.53. The van der Waals surface area contributed by atoms with Crippen molar-refractivity contribution in [3.63, 3.8) is 0 Å². The zero-order chi connectivity index (χ0) is 10.1. The summed E-state index contributed by atoms with van der Waals surface area (Å²) < 4.78 is 0. The van der Waals surface area contributed by atoms with E-state index in [1.807, 2.05) is 0 Å². The lowest BCUT2D eigenvalue weighted by molar-refractivity contribution is 0.350. The summed E-state index contributed by atoms with van der Waals surface area (Å²) in [6.07, 6.45) is 9.97. The second kappa shape index (κ2) is 8.59. The van der Waals surface area contributed by atoms with Crippen LogP contribution >= 0.6 is 0 Å². The largest absolute Gasteiger partial charge is 0.0654 e. The molecule has 0 radical (unpaired) electrons. The number of rotatable bonds is 8. The maximum atomic E-state index is 2.35. The average molecular weight is 184 g/mol. The molecule has 0 aromatic heterocycles. The predicted octanol–water partition coefficient (Wildman–Crippen LogP) is 5.03. The third kappa shape index (κ3) is 8.33. The molecule has 1 unspecified atom stereocenters. The quantitative estimate of drug-likeness (QED) is 0.464. The minimum atomic E-state index is 0.887. The van der Waals surface area contributed by atoms with E-state index in [-0.39, 0.29) is 0 Å². The number of unbranched alkanes of at least 4 members (excludes halogenated alkanes) is 2. The van der Waals surface area contributed by atoms with Crippen LogP contribution in [-0.2, 0) is 0 Å². The molecule has 0 rings (SSSR count). The zero-order valence-corrected chi connectivity index (χ0v) is 10.1. The molecule has 80 valence electrons. The van der Waals surface area contributed by atoms with E-state index in [1.54, 1.807) is 0 Å². The molecule has 0 spiro atoms. The summed E-state index contributed by atoms with van der Waals surface area (Å²) in [4.78, 5) is 0. The van der Waals surface area contributed by atoms with E-state index >= 15 is 0 Å². The summed E-state index contributed by atoms with van der Waals surface area (Å²) in [5.74, 6) is 1.90. The molecule has 0 bridgehead atoms. The summed E-state index contributed by atoms with van der Waals surface area (Å²) in [6, 6.07) is 0. The van der Waals surface area contributed by atoms with Crippen LogP contribution in [0.4, 0.5) is 0 Å². The minimum absolute atomic E-state index is 0.887. The van der Waals surface area contributed by atoms with Crippen molar-refractivity contribution in [2.75, 3.05) is 0 Å². The zero-order valence-electron chi connectivity index (χ0n) is 10.1. The van der Waals surface area contributed by atoms with Gasteiger partial charge in [-0.15, -0.1) is 0 Å². The summed E-state index contributed by atoms with van der Waals surface area (Å²) >= 11 is 0. The Morgan fingerprint density at radius 3 is 2.00 bits per heavy atom. The van der Waals surface area contributed by atoms with Gasteiger partial charge < -0.3 is 0 Å². The van der Waals surface area contributed by atoms with E-state index < -0.39 is 0 Å². The van der Waals surface area contributed by atoms with Gasteiger partial charge in [0.25, 0.3) is 0 Å². The molecule has 0 nitrogen and oxygen atoms in total. The standard InChI is InChI=1S/C13H28/c1-5-7-8-10-13(9-6-2)11-12(3)4/h12-13H,5-11H2,1-4H3. The van der Waals surface area contributed by atoms with Crippen molar-refractivity contribution in [3.05, 3.63) is 0 Å². The van der Waals surface area contributed by atoms with Gasteiger partial charge in [-0.05, 0) is 18.3 Å². The van der Waals surface area contributed by atoms with Crippen LogP contribution in [-0.4, -0.2) is 0 Å². The van der Waals surface area contributed by atoms with Gasteiger partial charge in [0.1, 0.15) is 0 Å². The third-order valence-corrected chi connectivity index (χ3v) is 2.72. The summed E-state index contributed by atoms with van der Waals surface area (Å²) in [6.45, 7) is 9.30. The molecule has 0 aromatic rings. The molecule has 0 saturated heterocycles. The molecule has 0 amide bonds. The average Bonchev–Trinajstić information content (AvgIpc) is 2.04. The molecule has 0 saturated carbocycles. The Morgan fingerprint density at radius 2 is 1.54 bits per heavy atom. The van der Waals surface area contributed by atoms with Crippen molar-refractivity contribution in [1.29, 1.82) is 0 Å². The van der Waals surface area contributed by atoms with Gasteiger partial charge in [-0.3, -0.25) is 0 Å². The minimum Gasteiger partial charge on any atom is -0.0654 e. The summed E-state index contributed by atoms with van der Waals surface area (Å²) in [5.41, 5.74) is 0. The monoisotopic (exact) mass is 184 g/mol. The van der Waals surface area contributed by atoms with E-state index in [0.717, 1.165) is 11.8 Å². The smallest absolute Gasteiger partial charge is 0.0412 e. The normalized spacial score (nSPS) is 13.6. The van der Waals surface area contributed by atoms with Gasteiger partial charge in [-0.2, -0.15) is 0 Å². The molecule has 1 atom stereocenters. The fraction of sp³-hybridized carbons (Fsp3) is 1.00. The highest BCUT2D eigenvalue weighted by Gasteiger charge is 2.09. The molecule has 0 aromatic carbocycles. The van der Waals surface area contributed by atoms with E-state index in [9.17, 15) is 0 Å². The predicted molar refractivity (Wildman–Crippen MR) is 62.0 cm³/mol. The van der Waals surface area contributed by atoms with Crippen LogP contribution in [0.15, 0.2) is 0 Å². The molecular formula is C13H28. The van der Waals surface area contributed by atoms with Crippen LogP contribution in [0.2, 0.25) is 0 Å². The Morgan fingerprint density at radius 1 is 0.846 bits per heavy atom. The van der Waals surface area contributed by atoms with Crippen LogP contribution in [0.1, 0.15) is 72.6 Å². The summed E-state index contributed by atoms with van der Waals surface area (Å²) in [7, 11) is 0. The number of hydrogen-bond donors (Lipinski definition) is 0. The van der Waals surface area contributed by atoms with Crippen molar-refractivity contribution in [2.45, 2.75) is 72.6 Å². The van der Waals surface area contributed by atoms with Crippen molar-refractivity contribution in [3.8, 4) is 0 Å². The highest BCUT2D eigenvalue weighted by atomic mass is 14.1. The fourth-order valence-electron chi connectivity index (χ4n) is 2.14. The van der Waals surface area contributed by atoms with E-state index in [0.29, 0.717) is 0 Å². The molecule has 0 aliphatic carbocycles. The van der Waals surface area contributed by atoms with Gasteiger partial charge in [0, 0.05) is 0 Å². The second-order valence-corrected chi connectivity index (χ2v) is 4.78. The van der Waals surface area contributed by atoms with Crippen LogP contribution in [0.25, 0.3) is 0 Å². The van der Waals surface area contributed by atoms with E-state index in [1.165, 1.54) is 44.9 Å². The lowest BCUT2D eigenvalue weighted by atomic mass is 9.89. The maximum absolute atomic E-state index is 2.35. The van der Waals surface area contributed by atoms with Gasteiger partial charge in [0.15, 0.2) is 0 Å². The van der Waals surface area contributed by atoms with Gasteiger partial charge in [0.2, 0.25) is 0 Å². The molecule has 0 heterocycles. The van der Waals surface area contributed by atoms with Crippen molar-refractivity contribution >= 4 is 0 Å². The lowest BCUT2D eigenvalue weighted by Gasteiger charge is -2.17. The second-order valence-electron chi connectivity index (χ2n) is 4.78. The van der Waals surface area contributed by atoms with Crippen molar-refractivity contribution in [1.82, 2.24) is 0 Å². The topological polar surface area (TPSA) is 0 Å². The Kier molecular flexibility index (Phi) is 8.59. The van der Waals surface area contributed by atoms with Crippen LogP contribution < -0.4 is 0 Å². The molecule has 0 aliphatic rings. The van der Waals surface area contributed by atoms with Gasteiger partial charge in [-0.1, -0.05) is 66.2 Å². The van der Waals surface area contributed by atoms with Crippen LogP contribution in [0.5, 0.6) is 0 Å². The van der Waals surface area contributed by atoms with E-state index in [2.05, 4.69) is 27.7 Å². The van der Waals surface area contributed by atoms with Crippen molar-refractivity contribution in [2.24, 2.45) is 11.8 Å². The first kappa shape index (κ1) is 13.0. The third-order valence-electron chi connectivity index (χ3n) is 2.72. The molecular weight excluding hydrogens is 156 g/mol. The Bertz CT molecular complexity index is 94.2. The van der Waals surface area contributed by atoms with Gasteiger partial charge in [0.05, 0.1) is 0 Å². The first-order valence-corrected chi connectivity index (χ1v) is 6.20. The molecule has 0 fully saturated rings. The molecule has 0 aliphatic heterocycles. The Labute approximate surface area is 85.1 Å². The molecule has 0 heteroatoms. The van der Waals surface area contributed by atoms with Gasteiger partial charge >= 0.3 is 0 Å². The number of hydrogen-bond acceptors (Lipinski definition) is 0. The highest BCUT2D eigenvalue weighted by molar-refractivity contribution is 4.61. The van der Waals surface area contributed by atoms with Gasteiger partial charge in [-0.25, -0.2) is 0 Å². The molecule has 13 heavy (non-hydrogen) atoms. The van der Waals surface area contributed by atoms with Crippen molar-refractivity contribution < 1.29 is 0 Å². The molecule has 0 N–H and O–H groups in total. The first-order valence-electron chi connectivity index (χ1n) is 6.20.